The molecule has 4 rings (SSSR count). The van der Waals surface area contributed by atoms with E-state index < -0.39 is 0 Å². The molecule has 0 N–H and O–H groups in total. The number of aromatic nitrogens is 1. The van der Waals surface area contributed by atoms with Gasteiger partial charge in [-0.05, 0) is 42.0 Å². The molecule has 0 fully saturated rings. The van der Waals surface area contributed by atoms with Crippen LogP contribution in [0.25, 0.3) is 33.7 Å². The van der Waals surface area contributed by atoms with Crippen LogP contribution in [0.3, 0.4) is 0 Å². The van der Waals surface area contributed by atoms with Crippen molar-refractivity contribution in [3.8, 4) is 39.8 Å². The highest BCUT2D eigenvalue weighted by atomic mass is 19.1. The Balaban J connectivity index is 1.90. The van der Waals surface area contributed by atoms with Crippen molar-refractivity contribution < 1.29 is 23.0 Å². The van der Waals surface area contributed by atoms with Crippen molar-refractivity contribution in [1.82, 2.24) is 4.98 Å². The first-order valence-electron chi connectivity index (χ1n) is 8.60. The zero-order valence-electron chi connectivity index (χ0n) is 15.7. The predicted molar refractivity (Wildman–Crippen MR) is 104 cm³/mol. The van der Waals surface area contributed by atoms with Crippen molar-refractivity contribution in [3.63, 3.8) is 0 Å². The summed E-state index contributed by atoms with van der Waals surface area (Å²) in [4.78, 5) is 4.61. The fourth-order valence-corrected chi connectivity index (χ4v) is 3.16. The number of benzene rings is 3. The Morgan fingerprint density at radius 3 is 2.18 bits per heavy atom. The topological polar surface area (TPSA) is 53.7 Å². The fraction of sp³-hybridized carbons (Fsp3) is 0.136. The van der Waals surface area contributed by atoms with Crippen LogP contribution < -0.4 is 14.2 Å². The van der Waals surface area contributed by atoms with Crippen LogP contribution >= 0.6 is 0 Å². The highest BCUT2D eigenvalue weighted by Crippen LogP contribution is 2.42. The van der Waals surface area contributed by atoms with E-state index in [1.54, 1.807) is 33.5 Å². The molecule has 0 aliphatic heterocycles. The smallest absolute Gasteiger partial charge is 0.227 e. The van der Waals surface area contributed by atoms with E-state index in [1.165, 1.54) is 12.1 Å². The Morgan fingerprint density at radius 1 is 0.821 bits per heavy atom. The normalized spacial score (nSPS) is 10.9. The first-order valence-corrected chi connectivity index (χ1v) is 8.60. The van der Waals surface area contributed by atoms with Crippen molar-refractivity contribution in [3.05, 3.63) is 60.4 Å². The van der Waals surface area contributed by atoms with Gasteiger partial charge < -0.3 is 18.6 Å². The maximum atomic E-state index is 13.6. The van der Waals surface area contributed by atoms with Crippen LogP contribution in [0.1, 0.15) is 0 Å². The van der Waals surface area contributed by atoms with Crippen LogP contribution in [-0.4, -0.2) is 26.3 Å². The van der Waals surface area contributed by atoms with Gasteiger partial charge in [-0.2, -0.15) is 0 Å². The molecule has 28 heavy (non-hydrogen) atoms. The summed E-state index contributed by atoms with van der Waals surface area (Å²) in [6.45, 7) is 0. The van der Waals surface area contributed by atoms with Gasteiger partial charge in [-0.15, -0.1) is 0 Å². The number of para-hydroxylation sites is 1. The van der Waals surface area contributed by atoms with Gasteiger partial charge in [0.25, 0.3) is 0 Å². The monoisotopic (exact) mass is 379 g/mol. The minimum Gasteiger partial charge on any atom is -0.493 e. The van der Waals surface area contributed by atoms with Crippen LogP contribution in [0.4, 0.5) is 4.39 Å². The van der Waals surface area contributed by atoms with Gasteiger partial charge in [0, 0.05) is 11.1 Å². The lowest BCUT2D eigenvalue weighted by atomic mass is 10.0. The van der Waals surface area contributed by atoms with E-state index in [0.717, 1.165) is 11.1 Å². The molecule has 1 heterocycles. The van der Waals surface area contributed by atoms with E-state index in [-0.39, 0.29) is 5.82 Å². The Labute approximate surface area is 161 Å². The number of methoxy groups -OCH3 is 3. The summed E-state index contributed by atoms with van der Waals surface area (Å²) in [5.74, 6) is 1.62. The first-order chi connectivity index (χ1) is 13.6. The molecule has 0 amide bonds. The van der Waals surface area contributed by atoms with E-state index in [9.17, 15) is 4.39 Å². The number of hydrogen-bond donors (Lipinski definition) is 0. The van der Waals surface area contributed by atoms with Crippen molar-refractivity contribution in [1.29, 1.82) is 0 Å². The number of ether oxygens (including phenoxy) is 3. The average Bonchev–Trinajstić information content (AvgIpc) is 3.17. The van der Waals surface area contributed by atoms with Gasteiger partial charge in [0.2, 0.25) is 11.6 Å². The van der Waals surface area contributed by atoms with Crippen molar-refractivity contribution in [2.45, 2.75) is 0 Å². The Hall–Kier alpha value is -3.54. The van der Waals surface area contributed by atoms with Crippen LogP contribution in [0, 0.1) is 5.82 Å². The minimum absolute atomic E-state index is 0.343. The second kappa shape index (κ2) is 7.23. The number of hydrogen-bond acceptors (Lipinski definition) is 5. The summed E-state index contributed by atoms with van der Waals surface area (Å²) in [6.07, 6.45) is 0. The summed E-state index contributed by atoms with van der Waals surface area (Å²) in [5.41, 5.74) is 3.51. The van der Waals surface area contributed by atoms with Gasteiger partial charge >= 0.3 is 0 Å². The highest BCUT2D eigenvalue weighted by Gasteiger charge is 2.18. The van der Waals surface area contributed by atoms with Crippen LogP contribution in [0.5, 0.6) is 17.2 Å². The SMILES string of the molecule is COc1cc(-c2cccc3oc(-c4cccc(F)c4)nc23)cc(OC)c1OC. The van der Waals surface area contributed by atoms with Crippen molar-refractivity contribution in [2.24, 2.45) is 0 Å². The summed E-state index contributed by atoms with van der Waals surface area (Å²) in [7, 11) is 4.70. The predicted octanol–water partition coefficient (Wildman–Crippen LogP) is 5.33. The molecule has 0 saturated heterocycles. The Bertz CT molecular complexity index is 1130. The molecular formula is C22H18FNO4. The molecule has 0 radical (unpaired) electrons. The number of halogens is 1. The van der Waals surface area contributed by atoms with E-state index in [2.05, 4.69) is 4.98 Å². The van der Waals surface area contributed by atoms with Gasteiger partial charge in [-0.25, -0.2) is 9.37 Å². The van der Waals surface area contributed by atoms with Gasteiger partial charge in [0.05, 0.1) is 21.3 Å². The van der Waals surface area contributed by atoms with Crippen LogP contribution in [0.2, 0.25) is 0 Å². The lowest BCUT2D eigenvalue weighted by Crippen LogP contribution is -1.96. The molecule has 0 saturated carbocycles. The number of rotatable bonds is 5. The Kier molecular flexibility index (Phi) is 4.61. The molecule has 4 aromatic rings. The Morgan fingerprint density at radius 2 is 1.54 bits per heavy atom. The molecular weight excluding hydrogens is 361 g/mol. The van der Waals surface area contributed by atoms with Crippen molar-refractivity contribution >= 4 is 11.1 Å². The molecule has 0 aliphatic rings. The average molecular weight is 379 g/mol. The third kappa shape index (κ3) is 3.03. The number of oxazole rings is 1. The molecule has 0 atom stereocenters. The summed E-state index contributed by atoms with van der Waals surface area (Å²) in [6, 6.07) is 15.5. The standard InChI is InChI=1S/C22H18FNO4/c1-25-18-11-14(12-19(26-2)21(18)27-3)16-8-5-9-17-20(16)24-22(28-17)13-6-4-7-15(23)10-13/h4-12H,1-3H3. The first kappa shape index (κ1) is 17.9. The van der Waals surface area contributed by atoms with Gasteiger partial charge in [0.1, 0.15) is 11.3 Å². The van der Waals surface area contributed by atoms with Gasteiger partial charge in [-0.1, -0.05) is 18.2 Å². The van der Waals surface area contributed by atoms with E-state index >= 15 is 0 Å². The summed E-state index contributed by atoms with van der Waals surface area (Å²) in [5, 5.41) is 0. The van der Waals surface area contributed by atoms with E-state index in [0.29, 0.717) is 39.8 Å². The minimum atomic E-state index is -0.343. The molecule has 3 aromatic carbocycles. The molecule has 0 unspecified atom stereocenters. The summed E-state index contributed by atoms with van der Waals surface area (Å²) >= 11 is 0. The zero-order chi connectivity index (χ0) is 19.7. The van der Waals surface area contributed by atoms with Crippen molar-refractivity contribution in [2.75, 3.05) is 21.3 Å². The van der Waals surface area contributed by atoms with Gasteiger partial charge in [-0.3, -0.25) is 0 Å². The number of fused-ring (bicyclic) bond motifs is 1. The second-order valence-electron chi connectivity index (χ2n) is 6.10. The maximum Gasteiger partial charge on any atom is 0.227 e. The third-order valence-corrected chi connectivity index (χ3v) is 4.47. The largest absolute Gasteiger partial charge is 0.493 e. The lowest BCUT2D eigenvalue weighted by molar-refractivity contribution is 0.324. The molecule has 5 nitrogen and oxygen atoms in total. The van der Waals surface area contributed by atoms with E-state index in [4.69, 9.17) is 18.6 Å². The second-order valence-corrected chi connectivity index (χ2v) is 6.10. The lowest BCUT2D eigenvalue weighted by Gasteiger charge is -2.14. The maximum absolute atomic E-state index is 13.6. The van der Waals surface area contributed by atoms with E-state index in [1.807, 2.05) is 30.3 Å². The molecule has 0 spiro atoms. The third-order valence-electron chi connectivity index (χ3n) is 4.47. The molecule has 6 heteroatoms. The fourth-order valence-electron chi connectivity index (χ4n) is 3.16. The number of nitrogens with zero attached hydrogens (tertiary/aromatic N) is 1. The van der Waals surface area contributed by atoms with Crippen LogP contribution in [0.15, 0.2) is 59.0 Å². The molecule has 0 aliphatic carbocycles. The quantitative estimate of drug-likeness (QED) is 0.469. The molecule has 1 aromatic heterocycles. The molecule has 142 valence electrons. The van der Waals surface area contributed by atoms with Crippen LogP contribution in [-0.2, 0) is 0 Å². The summed E-state index contributed by atoms with van der Waals surface area (Å²) < 4.78 is 35.7. The zero-order valence-corrected chi connectivity index (χ0v) is 15.7. The highest BCUT2D eigenvalue weighted by molar-refractivity contribution is 5.93. The van der Waals surface area contributed by atoms with Gasteiger partial charge in [0.15, 0.2) is 17.1 Å². The molecule has 0 bridgehead atoms.